The number of nitrogens with one attached hydrogen (secondary N) is 2. The summed E-state index contributed by atoms with van der Waals surface area (Å²) < 4.78 is 6.19. The summed E-state index contributed by atoms with van der Waals surface area (Å²) in [6.07, 6.45) is 2.77. The van der Waals surface area contributed by atoms with Gasteiger partial charge in [0, 0.05) is 19.3 Å². The van der Waals surface area contributed by atoms with E-state index in [9.17, 15) is 0 Å². The van der Waals surface area contributed by atoms with Crippen LogP contribution in [-0.4, -0.2) is 35.8 Å². The first-order valence-electron chi connectivity index (χ1n) is 5.40. The number of aromatic nitrogens is 2. The minimum absolute atomic E-state index is 0.348. The van der Waals surface area contributed by atoms with Crippen molar-refractivity contribution < 1.29 is 4.74 Å². The monoisotopic (exact) mass is 286 g/mol. The third kappa shape index (κ3) is 2.82. The molecule has 5 nitrogen and oxygen atoms in total. The molecule has 0 radical (unpaired) electrons. The number of rotatable bonds is 4. The number of hydrogen-bond acceptors (Lipinski definition) is 5. The highest BCUT2D eigenvalue weighted by Gasteiger charge is 2.17. The van der Waals surface area contributed by atoms with Gasteiger partial charge in [-0.15, -0.1) is 0 Å². The first-order chi connectivity index (χ1) is 7.79. The van der Waals surface area contributed by atoms with E-state index < -0.39 is 0 Å². The normalized spacial score (nSPS) is 19.8. The second kappa shape index (κ2) is 5.45. The molecule has 6 heteroatoms. The Morgan fingerprint density at radius 2 is 2.50 bits per heavy atom. The van der Waals surface area contributed by atoms with Gasteiger partial charge in [-0.05, 0) is 29.3 Å². The minimum Gasteiger partial charge on any atom is -0.379 e. The Balaban J connectivity index is 2.08. The molecule has 1 aliphatic heterocycles. The van der Waals surface area contributed by atoms with Crippen molar-refractivity contribution in [1.82, 2.24) is 9.97 Å². The minimum atomic E-state index is 0.348. The zero-order valence-corrected chi connectivity index (χ0v) is 10.7. The second-order valence-electron chi connectivity index (χ2n) is 3.63. The highest BCUT2D eigenvalue weighted by Crippen LogP contribution is 2.22. The van der Waals surface area contributed by atoms with Crippen molar-refractivity contribution in [1.29, 1.82) is 0 Å². The van der Waals surface area contributed by atoms with Gasteiger partial charge in [-0.3, -0.25) is 0 Å². The molecule has 0 spiro atoms. The molecule has 2 heterocycles. The average Bonchev–Trinajstić information content (AvgIpc) is 2.76. The molecule has 1 atom stereocenters. The molecular weight excluding hydrogens is 272 g/mol. The lowest BCUT2D eigenvalue weighted by molar-refractivity contribution is 0.195. The molecule has 1 aliphatic rings. The quantitative estimate of drug-likeness (QED) is 0.885. The van der Waals surface area contributed by atoms with E-state index in [0.29, 0.717) is 12.0 Å². The summed E-state index contributed by atoms with van der Waals surface area (Å²) in [4.78, 5) is 8.55. The fourth-order valence-electron chi connectivity index (χ4n) is 1.55. The van der Waals surface area contributed by atoms with Crippen LogP contribution >= 0.6 is 15.9 Å². The zero-order chi connectivity index (χ0) is 11.4. The maximum absolute atomic E-state index is 5.31. The largest absolute Gasteiger partial charge is 0.379 e. The molecule has 0 amide bonds. The number of nitrogens with zero attached hydrogens (tertiary/aromatic N) is 2. The van der Waals surface area contributed by atoms with Crippen molar-refractivity contribution in [3.05, 3.63) is 10.7 Å². The molecule has 1 unspecified atom stereocenters. The van der Waals surface area contributed by atoms with Crippen molar-refractivity contribution in [3.63, 3.8) is 0 Å². The molecule has 0 aliphatic carbocycles. The van der Waals surface area contributed by atoms with Crippen LogP contribution in [0.2, 0.25) is 0 Å². The van der Waals surface area contributed by atoms with Crippen LogP contribution in [-0.2, 0) is 4.74 Å². The fourth-order valence-corrected chi connectivity index (χ4v) is 1.86. The third-order valence-electron chi connectivity index (χ3n) is 2.35. The number of ether oxygens (including phenoxy) is 1. The van der Waals surface area contributed by atoms with Crippen molar-refractivity contribution in [2.24, 2.45) is 0 Å². The first-order valence-corrected chi connectivity index (χ1v) is 6.19. The van der Waals surface area contributed by atoms with E-state index >= 15 is 0 Å². The molecule has 0 bridgehead atoms. The van der Waals surface area contributed by atoms with Gasteiger partial charge in [0.05, 0.1) is 17.1 Å². The maximum atomic E-state index is 5.31. The van der Waals surface area contributed by atoms with Crippen LogP contribution < -0.4 is 10.6 Å². The van der Waals surface area contributed by atoms with Crippen LogP contribution in [0.25, 0.3) is 0 Å². The predicted molar refractivity (Wildman–Crippen MR) is 66.7 cm³/mol. The summed E-state index contributed by atoms with van der Waals surface area (Å²) in [6, 6.07) is 0.348. The van der Waals surface area contributed by atoms with Gasteiger partial charge < -0.3 is 15.4 Å². The highest BCUT2D eigenvalue weighted by atomic mass is 79.9. The lowest BCUT2D eigenvalue weighted by Crippen LogP contribution is -2.20. The van der Waals surface area contributed by atoms with Crippen LogP contribution in [0.5, 0.6) is 0 Å². The SMILES string of the molecule is CCNc1ncc(Br)c(NC2CCOC2)n1. The summed E-state index contributed by atoms with van der Waals surface area (Å²) in [5.41, 5.74) is 0. The summed E-state index contributed by atoms with van der Waals surface area (Å²) in [7, 11) is 0. The zero-order valence-electron chi connectivity index (χ0n) is 9.16. The van der Waals surface area contributed by atoms with Gasteiger partial charge in [0.2, 0.25) is 5.95 Å². The summed E-state index contributed by atoms with van der Waals surface area (Å²) in [5.74, 6) is 1.47. The molecule has 88 valence electrons. The van der Waals surface area contributed by atoms with Crippen LogP contribution in [0.4, 0.5) is 11.8 Å². The molecule has 2 rings (SSSR count). The summed E-state index contributed by atoms with van der Waals surface area (Å²) in [5, 5.41) is 6.43. The standard InChI is InChI=1S/C10H15BrN4O/c1-2-12-10-13-5-8(11)9(15-10)14-7-3-4-16-6-7/h5,7H,2-4,6H2,1H3,(H2,12,13,14,15). The Labute approximate surface area is 103 Å². The van der Waals surface area contributed by atoms with E-state index in [2.05, 4.69) is 36.5 Å². The van der Waals surface area contributed by atoms with Gasteiger partial charge in [-0.25, -0.2) is 4.98 Å². The molecule has 1 saturated heterocycles. The third-order valence-corrected chi connectivity index (χ3v) is 2.93. The molecule has 1 aromatic rings. The number of anilines is 2. The first kappa shape index (κ1) is 11.6. The Hall–Kier alpha value is -0.880. The molecule has 1 aromatic heterocycles. The van der Waals surface area contributed by atoms with Gasteiger partial charge in [0.15, 0.2) is 0 Å². The maximum Gasteiger partial charge on any atom is 0.224 e. The molecule has 1 fully saturated rings. The van der Waals surface area contributed by atoms with Crippen LogP contribution in [0.1, 0.15) is 13.3 Å². The number of halogens is 1. The molecule has 16 heavy (non-hydrogen) atoms. The van der Waals surface area contributed by atoms with Crippen LogP contribution in [0, 0.1) is 0 Å². The predicted octanol–water partition coefficient (Wildman–Crippen LogP) is 1.87. The van der Waals surface area contributed by atoms with Gasteiger partial charge in [0.1, 0.15) is 5.82 Å². The van der Waals surface area contributed by atoms with Crippen LogP contribution in [0.15, 0.2) is 10.7 Å². The van der Waals surface area contributed by atoms with E-state index in [0.717, 1.165) is 36.5 Å². The Bertz CT molecular complexity index is 355. The van der Waals surface area contributed by atoms with Gasteiger partial charge in [-0.2, -0.15) is 4.98 Å². The van der Waals surface area contributed by atoms with Gasteiger partial charge in [0.25, 0.3) is 0 Å². The molecular formula is C10H15BrN4O. The van der Waals surface area contributed by atoms with Gasteiger partial charge >= 0.3 is 0 Å². The van der Waals surface area contributed by atoms with Gasteiger partial charge in [-0.1, -0.05) is 0 Å². The van der Waals surface area contributed by atoms with Crippen molar-refractivity contribution in [3.8, 4) is 0 Å². The summed E-state index contributed by atoms with van der Waals surface area (Å²) in [6.45, 7) is 4.39. The molecule has 2 N–H and O–H groups in total. The topological polar surface area (TPSA) is 59.1 Å². The molecule has 0 saturated carbocycles. The second-order valence-corrected chi connectivity index (χ2v) is 4.48. The van der Waals surface area contributed by atoms with Crippen LogP contribution in [0.3, 0.4) is 0 Å². The lowest BCUT2D eigenvalue weighted by Gasteiger charge is -2.13. The Morgan fingerprint density at radius 3 is 3.19 bits per heavy atom. The Morgan fingerprint density at radius 1 is 1.62 bits per heavy atom. The van der Waals surface area contributed by atoms with E-state index in [1.807, 2.05) is 6.92 Å². The average molecular weight is 287 g/mol. The van der Waals surface area contributed by atoms with E-state index in [4.69, 9.17) is 4.74 Å². The molecule has 0 aromatic carbocycles. The Kier molecular flexibility index (Phi) is 3.95. The van der Waals surface area contributed by atoms with Crippen molar-refractivity contribution in [2.75, 3.05) is 30.4 Å². The fraction of sp³-hybridized carbons (Fsp3) is 0.600. The summed E-state index contributed by atoms with van der Waals surface area (Å²) >= 11 is 3.43. The van der Waals surface area contributed by atoms with E-state index in [-0.39, 0.29) is 0 Å². The van der Waals surface area contributed by atoms with E-state index in [1.165, 1.54) is 0 Å². The lowest BCUT2D eigenvalue weighted by atomic mass is 10.2. The highest BCUT2D eigenvalue weighted by molar-refractivity contribution is 9.10. The van der Waals surface area contributed by atoms with Crippen molar-refractivity contribution in [2.45, 2.75) is 19.4 Å². The van der Waals surface area contributed by atoms with E-state index in [1.54, 1.807) is 6.20 Å². The smallest absolute Gasteiger partial charge is 0.224 e. The van der Waals surface area contributed by atoms with Crippen molar-refractivity contribution >= 4 is 27.7 Å². The number of hydrogen-bond donors (Lipinski definition) is 2.